The Morgan fingerprint density at radius 2 is 1.74 bits per heavy atom. The Morgan fingerprint density at radius 3 is 2.35 bits per heavy atom. The lowest BCUT2D eigenvalue weighted by Gasteiger charge is -2.15. The Kier molecular flexibility index (Phi) is 5.18. The van der Waals surface area contributed by atoms with E-state index < -0.39 is 10.0 Å². The zero-order chi connectivity index (χ0) is 17.0. The summed E-state index contributed by atoms with van der Waals surface area (Å²) in [6.07, 6.45) is 0. The van der Waals surface area contributed by atoms with Gasteiger partial charge in [-0.05, 0) is 37.1 Å². The van der Waals surface area contributed by atoms with Gasteiger partial charge in [0.05, 0.1) is 4.90 Å². The fraction of sp³-hybridized carbons (Fsp3) is 0.235. The number of rotatable bonds is 5. The van der Waals surface area contributed by atoms with Crippen LogP contribution < -0.4 is 10.0 Å². The molecule has 0 saturated heterocycles. The van der Waals surface area contributed by atoms with Crippen LogP contribution in [-0.4, -0.2) is 21.4 Å². The van der Waals surface area contributed by atoms with Crippen LogP contribution in [0.5, 0.6) is 0 Å². The highest BCUT2D eigenvalue weighted by atomic mass is 32.2. The van der Waals surface area contributed by atoms with E-state index in [1.807, 2.05) is 30.3 Å². The molecule has 2 rings (SSSR count). The van der Waals surface area contributed by atoms with Crippen LogP contribution in [0.3, 0.4) is 0 Å². The first-order chi connectivity index (χ1) is 10.8. The number of amides is 1. The molecule has 0 aliphatic carbocycles. The van der Waals surface area contributed by atoms with E-state index in [2.05, 4.69) is 10.0 Å². The van der Waals surface area contributed by atoms with Crippen LogP contribution >= 0.6 is 0 Å². The van der Waals surface area contributed by atoms with Crippen LogP contribution in [0.4, 0.5) is 0 Å². The monoisotopic (exact) mass is 332 g/mol. The summed E-state index contributed by atoms with van der Waals surface area (Å²) in [6.45, 7) is 3.54. The molecule has 1 atom stereocenters. The summed E-state index contributed by atoms with van der Waals surface area (Å²) in [5.74, 6) is -0.310. The van der Waals surface area contributed by atoms with Crippen molar-refractivity contribution in [2.75, 3.05) is 7.05 Å². The summed E-state index contributed by atoms with van der Waals surface area (Å²) >= 11 is 0. The maximum Gasteiger partial charge on any atom is 0.251 e. The number of sulfonamides is 1. The number of aryl methyl sites for hydroxylation is 1. The van der Waals surface area contributed by atoms with Gasteiger partial charge in [-0.25, -0.2) is 13.1 Å². The highest BCUT2D eigenvalue weighted by molar-refractivity contribution is 7.89. The minimum Gasteiger partial charge on any atom is -0.355 e. The fourth-order valence-corrected chi connectivity index (χ4v) is 3.52. The largest absolute Gasteiger partial charge is 0.355 e. The van der Waals surface area contributed by atoms with Gasteiger partial charge < -0.3 is 5.32 Å². The second kappa shape index (κ2) is 6.93. The van der Waals surface area contributed by atoms with Gasteiger partial charge in [0.1, 0.15) is 0 Å². The lowest BCUT2D eigenvalue weighted by molar-refractivity contribution is 0.0962. The maximum absolute atomic E-state index is 12.5. The van der Waals surface area contributed by atoms with Gasteiger partial charge in [-0.1, -0.05) is 36.4 Å². The molecule has 1 amide bonds. The molecule has 23 heavy (non-hydrogen) atoms. The number of hydrogen-bond donors (Lipinski definition) is 2. The van der Waals surface area contributed by atoms with E-state index in [4.69, 9.17) is 0 Å². The summed E-state index contributed by atoms with van der Waals surface area (Å²) in [4.78, 5) is 11.9. The van der Waals surface area contributed by atoms with Crippen LogP contribution in [0.15, 0.2) is 53.4 Å². The van der Waals surface area contributed by atoms with Crippen molar-refractivity contribution < 1.29 is 13.2 Å². The van der Waals surface area contributed by atoms with Crippen molar-refractivity contribution in [1.29, 1.82) is 0 Å². The van der Waals surface area contributed by atoms with Gasteiger partial charge in [0.15, 0.2) is 0 Å². The van der Waals surface area contributed by atoms with E-state index in [0.29, 0.717) is 5.56 Å². The minimum absolute atomic E-state index is 0.0736. The summed E-state index contributed by atoms with van der Waals surface area (Å²) in [6, 6.07) is 13.5. The Balaban J connectivity index is 2.31. The maximum atomic E-state index is 12.5. The Bertz CT molecular complexity index is 802. The molecule has 1 unspecified atom stereocenters. The molecule has 0 spiro atoms. The fourth-order valence-electron chi connectivity index (χ4n) is 2.26. The average molecular weight is 332 g/mol. The second-order valence-electron chi connectivity index (χ2n) is 5.31. The van der Waals surface area contributed by atoms with Gasteiger partial charge in [-0.15, -0.1) is 0 Å². The summed E-state index contributed by atoms with van der Waals surface area (Å²) in [5, 5.41) is 2.51. The molecule has 6 heteroatoms. The Labute approximate surface area is 136 Å². The van der Waals surface area contributed by atoms with Gasteiger partial charge in [0, 0.05) is 18.7 Å². The predicted molar refractivity (Wildman–Crippen MR) is 89.7 cm³/mol. The van der Waals surface area contributed by atoms with E-state index in [9.17, 15) is 13.2 Å². The molecule has 0 heterocycles. The average Bonchev–Trinajstić information content (AvgIpc) is 2.54. The van der Waals surface area contributed by atoms with Gasteiger partial charge in [0.25, 0.3) is 5.91 Å². The van der Waals surface area contributed by atoms with Gasteiger partial charge in [0.2, 0.25) is 10.0 Å². The first kappa shape index (κ1) is 17.2. The van der Waals surface area contributed by atoms with Crippen molar-refractivity contribution in [3.63, 3.8) is 0 Å². The van der Waals surface area contributed by atoms with Crippen molar-refractivity contribution in [1.82, 2.24) is 10.0 Å². The van der Waals surface area contributed by atoms with Gasteiger partial charge in [-0.3, -0.25) is 4.79 Å². The lowest BCUT2D eigenvalue weighted by atomic mass is 10.1. The molecule has 2 aromatic carbocycles. The van der Waals surface area contributed by atoms with E-state index in [-0.39, 0.29) is 16.8 Å². The molecule has 0 bridgehead atoms. The molecule has 122 valence electrons. The zero-order valence-electron chi connectivity index (χ0n) is 13.3. The molecule has 0 aliphatic heterocycles. The molecule has 0 fully saturated rings. The van der Waals surface area contributed by atoms with Crippen molar-refractivity contribution in [2.45, 2.75) is 24.8 Å². The quantitative estimate of drug-likeness (QED) is 0.883. The standard InChI is InChI=1S/C17H20N2O3S/c1-12-9-10-15(11-16(12)17(20)18-3)23(21,22)19-13(2)14-7-5-4-6-8-14/h4-11,13,19H,1-3H3,(H,18,20). The SMILES string of the molecule is CNC(=O)c1cc(S(=O)(=O)NC(C)c2ccccc2)ccc1C. The highest BCUT2D eigenvalue weighted by Gasteiger charge is 2.20. The van der Waals surface area contributed by atoms with Crippen LogP contribution in [-0.2, 0) is 10.0 Å². The summed E-state index contributed by atoms with van der Waals surface area (Å²) in [7, 11) is -2.21. The second-order valence-corrected chi connectivity index (χ2v) is 7.02. The van der Waals surface area contributed by atoms with Crippen molar-refractivity contribution >= 4 is 15.9 Å². The molecule has 2 N–H and O–H groups in total. The first-order valence-electron chi connectivity index (χ1n) is 7.25. The third-order valence-corrected chi connectivity index (χ3v) is 5.16. The molecule has 0 saturated carbocycles. The number of nitrogens with one attached hydrogen (secondary N) is 2. The normalized spacial score (nSPS) is 12.7. The first-order valence-corrected chi connectivity index (χ1v) is 8.73. The van der Waals surface area contributed by atoms with E-state index >= 15 is 0 Å². The van der Waals surface area contributed by atoms with Gasteiger partial charge >= 0.3 is 0 Å². The van der Waals surface area contributed by atoms with Gasteiger partial charge in [-0.2, -0.15) is 0 Å². The Morgan fingerprint density at radius 1 is 1.09 bits per heavy atom. The molecule has 0 aromatic heterocycles. The number of carbonyl (C=O) groups excluding carboxylic acids is 1. The van der Waals surface area contributed by atoms with Crippen LogP contribution in [0.2, 0.25) is 0 Å². The molecule has 0 radical (unpaired) electrons. The number of benzene rings is 2. The lowest BCUT2D eigenvalue weighted by Crippen LogP contribution is -2.27. The molecule has 0 aliphatic rings. The van der Waals surface area contributed by atoms with E-state index in [0.717, 1.165) is 11.1 Å². The number of carbonyl (C=O) groups is 1. The van der Waals surface area contributed by atoms with E-state index in [1.54, 1.807) is 19.9 Å². The molecular weight excluding hydrogens is 312 g/mol. The third-order valence-electron chi connectivity index (χ3n) is 3.62. The van der Waals surface area contributed by atoms with Crippen LogP contribution in [0, 0.1) is 6.92 Å². The van der Waals surface area contributed by atoms with E-state index in [1.165, 1.54) is 19.2 Å². The van der Waals surface area contributed by atoms with Crippen molar-refractivity contribution in [3.05, 3.63) is 65.2 Å². The molecular formula is C17H20N2O3S. The summed E-state index contributed by atoms with van der Waals surface area (Å²) in [5.41, 5.74) is 1.94. The highest BCUT2D eigenvalue weighted by Crippen LogP contribution is 2.19. The van der Waals surface area contributed by atoms with Crippen molar-refractivity contribution in [3.8, 4) is 0 Å². The zero-order valence-corrected chi connectivity index (χ0v) is 14.1. The smallest absolute Gasteiger partial charge is 0.251 e. The summed E-state index contributed by atoms with van der Waals surface area (Å²) < 4.78 is 27.7. The van der Waals surface area contributed by atoms with Crippen LogP contribution in [0.1, 0.15) is 34.5 Å². The molecule has 5 nitrogen and oxygen atoms in total. The third kappa shape index (κ3) is 3.97. The van der Waals surface area contributed by atoms with Crippen molar-refractivity contribution in [2.24, 2.45) is 0 Å². The predicted octanol–water partition coefficient (Wildman–Crippen LogP) is 2.39. The topological polar surface area (TPSA) is 75.3 Å². The minimum atomic E-state index is -3.72. The molecule has 2 aromatic rings. The van der Waals surface area contributed by atoms with Crippen LogP contribution in [0.25, 0.3) is 0 Å². The Hall–Kier alpha value is -2.18. The number of hydrogen-bond acceptors (Lipinski definition) is 3.